The molecule has 3 N–H and O–H groups in total. The van der Waals surface area contributed by atoms with Crippen LogP contribution < -0.4 is 10.5 Å². The van der Waals surface area contributed by atoms with E-state index in [-0.39, 0.29) is 22.7 Å². The van der Waals surface area contributed by atoms with Gasteiger partial charge in [0, 0.05) is 31.7 Å². The molecule has 0 aromatic carbocycles. The number of nitrogens with two attached hydrogens (primary N) is 1. The molecule has 1 aliphatic heterocycles. The molecular weight excluding hydrogens is 280 g/mol. The lowest BCUT2D eigenvalue weighted by Gasteiger charge is -2.21. The van der Waals surface area contributed by atoms with Gasteiger partial charge in [0.2, 0.25) is 15.9 Å². The quantitative estimate of drug-likeness (QED) is 0.793. The van der Waals surface area contributed by atoms with Crippen molar-refractivity contribution in [3.8, 4) is 0 Å². The number of nitrogens with zero attached hydrogens (tertiary/aromatic N) is 2. The lowest BCUT2D eigenvalue weighted by molar-refractivity contribution is -0.127. The van der Waals surface area contributed by atoms with Crippen LogP contribution >= 0.6 is 0 Å². The van der Waals surface area contributed by atoms with E-state index in [1.807, 2.05) is 0 Å². The van der Waals surface area contributed by atoms with E-state index in [1.54, 1.807) is 11.8 Å². The number of likely N-dealkylation sites (tertiary alicyclic amines) is 1. The van der Waals surface area contributed by atoms with Gasteiger partial charge in [-0.05, 0) is 25.5 Å². The zero-order valence-electron chi connectivity index (χ0n) is 11.2. The molecule has 2 rings (SSSR count). The van der Waals surface area contributed by atoms with Crippen molar-refractivity contribution in [2.75, 3.05) is 18.8 Å². The number of nitrogen functional groups attached to an aromatic ring is 1. The fourth-order valence-corrected chi connectivity index (χ4v) is 3.33. The highest BCUT2D eigenvalue weighted by Crippen LogP contribution is 2.12. The molecule has 0 bridgehead atoms. The molecule has 2 heterocycles. The molecule has 0 spiro atoms. The molecule has 0 saturated carbocycles. The van der Waals surface area contributed by atoms with Gasteiger partial charge in [-0.1, -0.05) is 0 Å². The Morgan fingerprint density at radius 1 is 1.50 bits per heavy atom. The third-order valence-electron chi connectivity index (χ3n) is 3.09. The zero-order valence-corrected chi connectivity index (χ0v) is 12.1. The molecule has 1 unspecified atom stereocenters. The first-order valence-corrected chi connectivity index (χ1v) is 7.88. The first-order valence-electron chi connectivity index (χ1n) is 6.40. The molecule has 7 nitrogen and oxygen atoms in total. The Balaban J connectivity index is 2.00. The Labute approximate surface area is 118 Å². The summed E-state index contributed by atoms with van der Waals surface area (Å²) in [7, 11) is -3.64. The first kappa shape index (κ1) is 14.7. The number of rotatable bonds is 5. The molecule has 8 heteroatoms. The van der Waals surface area contributed by atoms with Gasteiger partial charge in [0.05, 0.1) is 0 Å². The van der Waals surface area contributed by atoms with E-state index in [9.17, 15) is 13.2 Å². The van der Waals surface area contributed by atoms with E-state index in [0.717, 1.165) is 6.42 Å². The summed E-state index contributed by atoms with van der Waals surface area (Å²) in [5.74, 6) is 0.338. The van der Waals surface area contributed by atoms with Gasteiger partial charge in [-0.3, -0.25) is 4.79 Å². The number of sulfonamides is 1. The van der Waals surface area contributed by atoms with Gasteiger partial charge < -0.3 is 10.6 Å². The lowest BCUT2D eigenvalue weighted by Crippen LogP contribution is -2.42. The predicted molar refractivity (Wildman–Crippen MR) is 74.2 cm³/mol. The Hall–Kier alpha value is -1.67. The van der Waals surface area contributed by atoms with E-state index >= 15 is 0 Å². The summed E-state index contributed by atoms with van der Waals surface area (Å²) < 4.78 is 26.8. The minimum absolute atomic E-state index is 0.0614. The van der Waals surface area contributed by atoms with Crippen molar-refractivity contribution < 1.29 is 13.2 Å². The minimum atomic E-state index is -3.64. The van der Waals surface area contributed by atoms with Crippen LogP contribution in [0, 0.1) is 0 Å². The maximum Gasteiger partial charge on any atom is 0.242 e. The molecule has 0 radical (unpaired) electrons. The summed E-state index contributed by atoms with van der Waals surface area (Å²) in [6, 6.07) is 2.47. The van der Waals surface area contributed by atoms with E-state index < -0.39 is 10.0 Å². The van der Waals surface area contributed by atoms with Crippen LogP contribution in [0.4, 0.5) is 5.82 Å². The van der Waals surface area contributed by atoms with Crippen molar-refractivity contribution >= 4 is 21.7 Å². The molecular formula is C12H18N4O3S. The maximum atomic E-state index is 12.1. The summed E-state index contributed by atoms with van der Waals surface area (Å²) in [4.78, 5) is 17.0. The molecule has 1 aromatic rings. The molecule has 1 fully saturated rings. The normalized spacial score (nSPS) is 17.4. The van der Waals surface area contributed by atoms with Gasteiger partial charge in [-0.2, -0.15) is 0 Å². The Bertz CT molecular complexity index is 585. The van der Waals surface area contributed by atoms with Crippen LogP contribution in [0.15, 0.2) is 23.2 Å². The summed E-state index contributed by atoms with van der Waals surface area (Å²) in [5, 5.41) is 0. The molecule has 1 saturated heterocycles. The van der Waals surface area contributed by atoms with E-state index in [2.05, 4.69) is 9.71 Å². The van der Waals surface area contributed by atoms with Crippen molar-refractivity contribution in [3.05, 3.63) is 18.3 Å². The smallest absolute Gasteiger partial charge is 0.242 e. The number of hydrogen-bond acceptors (Lipinski definition) is 5. The second kappa shape index (κ2) is 5.76. The van der Waals surface area contributed by atoms with Crippen LogP contribution in [0.2, 0.25) is 0 Å². The second-order valence-corrected chi connectivity index (χ2v) is 6.60. The van der Waals surface area contributed by atoms with Gasteiger partial charge in [0.25, 0.3) is 0 Å². The van der Waals surface area contributed by atoms with E-state index in [0.29, 0.717) is 19.5 Å². The van der Waals surface area contributed by atoms with Gasteiger partial charge in [0.1, 0.15) is 10.7 Å². The summed E-state index contributed by atoms with van der Waals surface area (Å²) in [6.07, 6.45) is 2.59. The number of hydrogen-bond donors (Lipinski definition) is 2. The highest BCUT2D eigenvalue weighted by molar-refractivity contribution is 7.89. The van der Waals surface area contributed by atoms with Crippen molar-refractivity contribution in [1.82, 2.24) is 14.6 Å². The summed E-state index contributed by atoms with van der Waals surface area (Å²) >= 11 is 0. The van der Waals surface area contributed by atoms with Crippen molar-refractivity contribution in [1.29, 1.82) is 0 Å². The number of amides is 1. The number of carbonyl (C=O) groups is 1. The van der Waals surface area contributed by atoms with Gasteiger partial charge in [0.15, 0.2) is 0 Å². The average molecular weight is 298 g/mol. The zero-order chi connectivity index (χ0) is 14.8. The highest BCUT2D eigenvalue weighted by Gasteiger charge is 2.24. The van der Waals surface area contributed by atoms with Crippen molar-refractivity contribution in [2.45, 2.75) is 30.7 Å². The fraction of sp³-hybridized carbons (Fsp3) is 0.500. The Kier molecular flexibility index (Phi) is 4.24. The molecule has 1 aromatic heterocycles. The molecule has 0 aliphatic carbocycles. The fourth-order valence-electron chi connectivity index (χ4n) is 2.15. The Morgan fingerprint density at radius 2 is 2.25 bits per heavy atom. The number of anilines is 1. The predicted octanol–water partition coefficient (Wildman–Crippen LogP) is -0.0470. The van der Waals surface area contributed by atoms with Crippen molar-refractivity contribution in [2.24, 2.45) is 0 Å². The topological polar surface area (TPSA) is 105 Å². The first-order chi connectivity index (χ1) is 9.38. The molecule has 110 valence electrons. The van der Waals surface area contributed by atoms with Crippen LogP contribution in [0.5, 0.6) is 0 Å². The number of aromatic nitrogens is 1. The standard InChI is InChI=1S/C12H18N4O3S/c1-9(8-16-6-2-3-12(16)17)15-20(18,19)10-4-5-11(13)14-7-10/h4-5,7,9,15H,2-3,6,8H2,1H3,(H2,13,14). The number of pyridine rings is 1. The van der Waals surface area contributed by atoms with E-state index in [1.165, 1.54) is 18.3 Å². The SMILES string of the molecule is CC(CN1CCCC1=O)NS(=O)(=O)c1ccc(N)nc1. The molecule has 1 amide bonds. The van der Waals surface area contributed by atoms with Gasteiger partial charge >= 0.3 is 0 Å². The monoisotopic (exact) mass is 298 g/mol. The largest absolute Gasteiger partial charge is 0.384 e. The van der Waals surface area contributed by atoms with Crippen LogP contribution in [0.3, 0.4) is 0 Å². The summed E-state index contributed by atoms with van der Waals surface area (Å²) in [5.41, 5.74) is 5.42. The number of nitrogens with one attached hydrogen (secondary N) is 1. The van der Waals surface area contributed by atoms with Crippen LogP contribution in [-0.2, 0) is 14.8 Å². The third kappa shape index (κ3) is 3.45. The van der Waals surface area contributed by atoms with Crippen molar-refractivity contribution in [3.63, 3.8) is 0 Å². The van der Waals surface area contributed by atoms with Gasteiger partial charge in [-0.25, -0.2) is 18.1 Å². The summed E-state index contributed by atoms with van der Waals surface area (Å²) in [6.45, 7) is 2.79. The maximum absolute atomic E-state index is 12.1. The average Bonchev–Trinajstić information content (AvgIpc) is 2.74. The lowest BCUT2D eigenvalue weighted by atomic mass is 10.3. The second-order valence-electron chi connectivity index (χ2n) is 4.88. The van der Waals surface area contributed by atoms with Crippen LogP contribution in [-0.4, -0.2) is 43.3 Å². The van der Waals surface area contributed by atoms with E-state index in [4.69, 9.17) is 5.73 Å². The minimum Gasteiger partial charge on any atom is -0.384 e. The van der Waals surface area contributed by atoms with Gasteiger partial charge in [-0.15, -0.1) is 0 Å². The number of carbonyl (C=O) groups excluding carboxylic acids is 1. The van der Waals surface area contributed by atoms with Crippen LogP contribution in [0.1, 0.15) is 19.8 Å². The molecule has 1 atom stereocenters. The highest BCUT2D eigenvalue weighted by atomic mass is 32.2. The molecule has 20 heavy (non-hydrogen) atoms. The third-order valence-corrected chi connectivity index (χ3v) is 4.67. The molecule has 1 aliphatic rings. The Morgan fingerprint density at radius 3 is 2.80 bits per heavy atom. The van der Waals surface area contributed by atoms with Crippen LogP contribution in [0.25, 0.3) is 0 Å².